The van der Waals surface area contributed by atoms with Crippen molar-refractivity contribution in [3.63, 3.8) is 0 Å². The lowest BCUT2D eigenvalue weighted by molar-refractivity contribution is -0.132. The molecule has 1 aromatic heterocycles. The van der Waals surface area contributed by atoms with E-state index in [-0.39, 0.29) is 17.0 Å². The highest BCUT2D eigenvalue weighted by Gasteiger charge is 2.47. The number of anilines is 1. The maximum absolute atomic E-state index is 13.9. The average molecular weight is 437 g/mol. The lowest BCUT2D eigenvalue weighted by atomic mass is 9.99. The monoisotopic (exact) mass is 437 g/mol. The van der Waals surface area contributed by atoms with E-state index in [4.69, 9.17) is 4.74 Å². The van der Waals surface area contributed by atoms with Crippen molar-refractivity contribution in [2.24, 2.45) is 0 Å². The Kier molecular flexibility index (Phi) is 5.86. The summed E-state index contributed by atoms with van der Waals surface area (Å²) in [5, 5.41) is 12.9. The van der Waals surface area contributed by atoms with Crippen LogP contribution in [0, 0.1) is 5.82 Å². The maximum Gasteiger partial charge on any atom is 0.300 e. The van der Waals surface area contributed by atoms with Crippen LogP contribution in [-0.2, 0) is 9.59 Å². The van der Waals surface area contributed by atoms with Gasteiger partial charge in [-0.15, -0.1) is 11.3 Å². The van der Waals surface area contributed by atoms with Gasteiger partial charge in [0, 0.05) is 16.1 Å². The molecule has 0 radical (unpaired) electrons. The number of benzene rings is 2. The smallest absolute Gasteiger partial charge is 0.300 e. The molecule has 0 spiro atoms. The first-order chi connectivity index (χ1) is 15.0. The molecule has 1 saturated heterocycles. The molecule has 0 aliphatic carbocycles. The number of carbonyl (C=O) groups is 2. The Morgan fingerprint density at radius 3 is 2.55 bits per heavy atom. The molecule has 1 amide bonds. The molecule has 1 N–H and O–H groups in total. The Hall–Kier alpha value is -3.45. The fourth-order valence-corrected chi connectivity index (χ4v) is 4.35. The zero-order chi connectivity index (χ0) is 22.0. The number of nitrogens with zero attached hydrogens (tertiary/aromatic N) is 1. The average Bonchev–Trinajstić information content (AvgIpc) is 3.39. The van der Waals surface area contributed by atoms with Crippen LogP contribution in [-0.4, -0.2) is 23.4 Å². The molecule has 3 aromatic rings. The molecule has 158 valence electrons. The molecule has 1 aliphatic rings. The second-order valence-electron chi connectivity index (χ2n) is 7.04. The Balaban J connectivity index is 1.81. The van der Waals surface area contributed by atoms with Crippen molar-refractivity contribution in [1.82, 2.24) is 0 Å². The molecule has 31 heavy (non-hydrogen) atoms. The van der Waals surface area contributed by atoms with Gasteiger partial charge in [0.25, 0.3) is 11.7 Å². The molecule has 2 heterocycles. The fraction of sp³-hybridized carbons (Fsp3) is 0.167. The van der Waals surface area contributed by atoms with Gasteiger partial charge in [0.05, 0.1) is 12.2 Å². The summed E-state index contributed by atoms with van der Waals surface area (Å²) in [5.41, 5.74) is 0.615. The second kappa shape index (κ2) is 8.73. The summed E-state index contributed by atoms with van der Waals surface area (Å²) in [6.45, 7) is 2.57. The van der Waals surface area contributed by atoms with E-state index in [1.807, 2.05) is 12.3 Å². The summed E-state index contributed by atoms with van der Waals surface area (Å²) in [6, 6.07) is 14.9. The number of amides is 1. The van der Waals surface area contributed by atoms with E-state index in [0.717, 1.165) is 6.42 Å². The number of aliphatic hydroxyl groups excluding tert-OH is 1. The Morgan fingerprint density at radius 1 is 1.13 bits per heavy atom. The Bertz CT molecular complexity index is 1140. The van der Waals surface area contributed by atoms with Crippen molar-refractivity contribution < 1.29 is 23.8 Å². The number of thiophene rings is 1. The molecule has 1 fully saturated rings. The summed E-state index contributed by atoms with van der Waals surface area (Å²) in [4.78, 5) is 27.8. The number of hydrogen-bond donors (Lipinski definition) is 1. The molecule has 1 aliphatic heterocycles. The van der Waals surface area contributed by atoms with E-state index in [2.05, 4.69) is 0 Å². The molecule has 7 heteroatoms. The molecular weight excluding hydrogens is 417 g/mol. The molecule has 4 rings (SSSR count). The zero-order valence-corrected chi connectivity index (χ0v) is 17.6. The summed E-state index contributed by atoms with van der Waals surface area (Å²) >= 11 is 1.35. The van der Waals surface area contributed by atoms with Crippen molar-refractivity contribution in [1.29, 1.82) is 0 Å². The van der Waals surface area contributed by atoms with Crippen LogP contribution < -0.4 is 9.64 Å². The van der Waals surface area contributed by atoms with Crippen LogP contribution in [0.15, 0.2) is 71.6 Å². The van der Waals surface area contributed by atoms with Crippen LogP contribution in [0.1, 0.15) is 29.8 Å². The van der Waals surface area contributed by atoms with E-state index in [1.165, 1.54) is 34.4 Å². The third-order valence-electron chi connectivity index (χ3n) is 4.94. The third-order valence-corrected chi connectivity index (χ3v) is 5.87. The summed E-state index contributed by atoms with van der Waals surface area (Å²) in [6.07, 6.45) is 0.867. The number of Topliss-reactive ketones (excluding diaryl/α,β-unsaturated/α-hetero) is 1. The minimum Gasteiger partial charge on any atom is -0.507 e. The van der Waals surface area contributed by atoms with Gasteiger partial charge in [-0.05, 0) is 60.3 Å². The highest BCUT2D eigenvalue weighted by atomic mass is 32.1. The minimum absolute atomic E-state index is 0.0288. The number of hydrogen-bond acceptors (Lipinski definition) is 5. The molecule has 1 atom stereocenters. The fourth-order valence-electron chi connectivity index (χ4n) is 3.53. The van der Waals surface area contributed by atoms with Crippen molar-refractivity contribution >= 4 is 34.5 Å². The number of aliphatic hydroxyl groups is 1. The SMILES string of the molecule is CCCOc1ccc(/C(O)=C2/C(=O)C(=O)N(c3cccc(F)c3)C2c2cccs2)cc1. The molecular formula is C24H20FNO4S. The number of ether oxygens (including phenoxy) is 1. The van der Waals surface area contributed by atoms with Crippen LogP contribution in [0.3, 0.4) is 0 Å². The lowest BCUT2D eigenvalue weighted by Crippen LogP contribution is -2.29. The minimum atomic E-state index is -0.849. The van der Waals surface area contributed by atoms with Gasteiger partial charge in [-0.3, -0.25) is 14.5 Å². The van der Waals surface area contributed by atoms with Gasteiger partial charge < -0.3 is 9.84 Å². The second-order valence-corrected chi connectivity index (χ2v) is 8.02. The van der Waals surface area contributed by atoms with Crippen molar-refractivity contribution in [3.8, 4) is 5.75 Å². The van der Waals surface area contributed by atoms with Crippen LogP contribution >= 0.6 is 11.3 Å². The van der Waals surface area contributed by atoms with Crippen molar-refractivity contribution in [3.05, 3.63) is 87.9 Å². The maximum atomic E-state index is 13.9. The number of carbonyl (C=O) groups excluding carboxylic acids is 2. The third kappa shape index (κ3) is 3.96. The van der Waals surface area contributed by atoms with E-state index in [0.29, 0.717) is 22.8 Å². The summed E-state index contributed by atoms with van der Waals surface area (Å²) in [5.74, 6) is -1.78. The quantitative estimate of drug-likeness (QED) is 0.323. The van der Waals surface area contributed by atoms with Crippen LogP contribution in [0.2, 0.25) is 0 Å². The van der Waals surface area contributed by atoms with Crippen LogP contribution in [0.25, 0.3) is 5.76 Å². The van der Waals surface area contributed by atoms with E-state index in [9.17, 15) is 19.1 Å². The highest BCUT2D eigenvalue weighted by molar-refractivity contribution is 7.10. The normalized spacial score (nSPS) is 17.9. The zero-order valence-electron chi connectivity index (χ0n) is 16.7. The highest BCUT2D eigenvalue weighted by Crippen LogP contribution is 2.43. The number of rotatable bonds is 6. The van der Waals surface area contributed by atoms with Gasteiger partial charge >= 0.3 is 0 Å². The van der Waals surface area contributed by atoms with Gasteiger partial charge in [-0.25, -0.2) is 4.39 Å². The molecule has 0 bridgehead atoms. The van der Waals surface area contributed by atoms with Crippen molar-refractivity contribution in [2.45, 2.75) is 19.4 Å². The standard InChI is InChI=1S/C24H20FNO4S/c1-2-12-30-18-10-8-15(9-11-18)22(27)20-21(19-7-4-13-31-19)26(24(29)23(20)28)17-6-3-5-16(25)14-17/h3-11,13-14,21,27H,2,12H2,1H3/b22-20-. The van der Waals surface area contributed by atoms with Gasteiger partial charge in [0.15, 0.2) is 0 Å². The van der Waals surface area contributed by atoms with Gasteiger partial charge in [0.1, 0.15) is 23.4 Å². The molecule has 1 unspecified atom stereocenters. The van der Waals surface area contributed by atoms with Gasteiger partial charge in [0.2, 0.25) is 0 Å². The Morgan fingerprint density at radius 2 is 1.90 bits per heavy atom. The summed E-state index contributed by atoms with van der Waals surface area (Å²) < 4.78 is 19.4. The van der Waals surface area contributed by atoms with Gasteiger partial charge in [-0.2, -0.15) is 0 Å². The Labute approximate surface area is 183 Å². The predicted octanol–water partition coefficient (Wildman–Crippen LogP) is 5.30. The van der Waals surface area contributed by atoms with Crippen LogP contribution in [0.4, 0.5) is 10.1 Å². The predicted molar refractivity (Wildman–Crippen MR) is 118 cm³/mol. The van der Waals surface area contributed by atoms with E-state index >= 15 is 0 Å². The largest absolute Gasteiger partial charge is 0.507 e. The first-order valence-corrected chi connectivity index (χ1v) is 10.7. The van der Waals surface area contributed by atoms with Crippen LogP contribution in [0.5, 0.6) is 5.75 Å². The first kappa shape index (κ1) is 20.8. The summed E-state index contributed by atoms with van der Waals surface area (Å²) in [7, 11) is 0. The lowest BCUT2D eigenvalue weighted by Gasteiger charge is -2.24. The topological polar surface area (TPSA) is 66.8 Å². The van der Waals surface area contributed by atoms with E-state index < -0.39 is 23.5 Å². The molecule has 0 saturated carbocycles. The van der Waals surface area contributed by atoms with E-state index in [1.54, 1.807) is 42.5 Å². The first-order valence-electron chi connectivity index (χ1n) is 9.84. The number of halogens is 1. The van der Waals surface area contributed by atoms with Gasteiger partial charge in [-0.1, -0.05) is 19.1 Å². The van der Waals surface area contributed by atoms with Crippen molar-refractivity contribution in [2.75, 3.05) is 11.5 Å². The molecule has 5 nitrogen and oxygen atoms in total. The number of ketones is 1. The molecule has 2 aromatic carbocycles.